The molecule has 0 bridgehead atoms. The third kappa shape index (κ3) is 5.25. The molecule has 1 aliphatic heterocycles. The van der Waals surface area contributed by atoms with Gasteiger partial charge in [-0.2, -0.15) is 0 Å². The van der Waals surface area contributed by atoms with E-state index in [1.165, 1.54) is 25.8 Å². The van der Waals surface area contributed by atoms with E-state index in [0.717, 1.165) is 32.8 Å². The summed E-state index contributed by atoms with van der Waals surface area (Å²) in [6, 6.07) is 0.695. The summed E-state index contributed by atoms with van der Waals surface area (Å²) in [5.41, 5.74) is 0. The topological polar surface area (TPSA) is 33.7 Å². The lowest BCUT2D eigenvalue weighted by Gasteiger charge is -2.30. The van der Waals surface area contributed by atoms with Crippen LogP contribution in [0.15, 0.2) is 0 Å². The minimum absolute atomic E-state index is 0.695. The predicted molar refractivity (Wildman–Crippen MR) is 65.8 cm³/mol. The highest BCUT2D eigenvalue weighted by molar-refractivity contribution is 4.76. The Morgan fingerprint density at radius 3 is 2.38 bits per heavy atom. The largest absolute Gasteiger partial charge is 0.383 e. The second kappa shape index (κ2) is 8.93. The number of nitrogens with zero attached hydrogens (tertiary/aromatic N) is 1. The monoisotopic (exact) mass is 230 g/mol. The first-order valence-corrected chi connectivity index (χ1v) is 6.31. The minimum Gasteiger partial charge on any atom is -0.383 e. The molecule has 16 heavy (non-hydrogen) atoms. The molecule has 1 rings (SSSR count). The zero-order valence-electron chi connectivity index (χ0n) is 10.7. The van der Waals surface area contributed by atoms with E-state index in [1.807, 2.05) is 0 Å². The summed E-state index contributed by atoms with van der Waals surface area (Å²) in [4.78, 5) is 2.51. The van der Waals surface area contributed by atoms with E-state index >= 15 is 0 Å². The molecule has 1 aliphatic rings. The highest BCUT2D eigenvalue weighted by Crippen LogP contribution is 2.13. The third-order valence-electron chi connectivity index (χ3n) is 3.23. The summed E-state index contributed by atoms with van der Waals surface area (Å²) in [6.07, 6.45) is 3.81. The van der Waals surface area contributed by atoms with Crippen molar-refractivity contribution >= 4 is 0 Å². The van der Waals surface area contributed by atoms with Crippen molar-refractivity contribution in [3.05, 3.63) is 0 Å². The van der Waals surface area contributed by atoms with Crippen LogP contribution in [0, 0.1) is 0 Å². The highest BCUT2D eigenvalue weighted by Gasteiger charge is 2.19. The Balaban J connectivity index is 2.37. The van der Waals surface area contributed by atoms with E-state index in [9.17, 15) is 0 Å². The van der Waals surface area contributed by atoms with Crippen molar-refractivity contribution in [1.82, 2.24) is 10.2 Å². The van der Waals surface area contributed by atoms with Gasteiger partial charge in [-0.3, -0.25) is 4.90 Å². The maximum Gasteiger partial charge on any atom is 0.0589 e. The van der Waals surface area contributed by atoms with Crippen LogP contribution in [-0.2, 0) is 9.47 Å². The van der Waals surface area contributed by atoms with Gasteiger partial charge in [0, 0.05) is 33.4 Å². The Morgan fingerprint density at radius 1 is 1.06 bits per heavy atom. The van der Waals surface area contributed by atoms with E-state index < -0.39 is 0 Å². The van der Waals surface area contributed by atoms with Crippen molar-refractivity contribution in [2.45, 2.75) is 25.3 Å². The molecular formula is C12H26N2O2. The fourth-order valence-corrected chi connectivity index (χ4v) is 2.26. The molecule has 0 aromatic rings. The number of hydrogen-bond donors (Lipinski definition) is 1. The first-order chi connectivity index (χ1) is 7.88. The molecule has 0 spiro atoms. The van der Waals surface area contributed by atoms with Crippen LogP contribution in [0.1, 0.15) is 19.3 Å². The van der Waals surface area contributed by atoms with Crippen LogP contribution >= 0.6 is 0 Å². The molecule has 1 heterocycles. The van der Waals surface area contributed by atoms with Crippen LogP contribution in [0.2, 0.25) is 0 Å². The molecule has 0 saturated carbocycles. The van der Waals surface area contributed by atoms with Crippen molar-refractivity contribution in [1.29, 1.82) is 0 Å². The predicted octanol–water partition coefficient (Wildman–Crippen LogP) is 0.723. The minimum atomic E-state index is 0.695. The van der Waals surface area contributed by atoms with Gasteiger partial charge in [0.05, 0.1) is 13.2 Å². The molecule has 1 saturated heterocycles. The summed E-state index contributed by atoms with van der Waals surface area (Å²) in [5.74, 6) is 0. The fraction of sp³-hybridized carbons (Fsp3) is 1.00. The van der Waals surface area contributed by atoms with Gasteiger partial charge in [0.1, 0.15) is 0 Å². The van der Waals surface area contributed by atoms with E-state index in [0.29, 0.717) is 6.04 Å². The number of hydrogen-bond acceptors (Lipinski definition) is 4. The first kappa shape index (κ1) is 13.9. The quantitative estimate of drug-likeness (QED) is 0.699. The number of nitrogens with one attached hydrogen (secondary N) is 1. The summed E-state index contributed by atoms with van der Waals surface area (Å²) < 4.78 is 10.4. The molecule has 0 aromatic carbocycles. The lowest BCUT2D eigenvalue weighted by Crippen LogP contribution is -2.40. The number of rotatable bonds is 7. The Morgan fingerprint density at radius 2 is 1.75 bits per heavy atom. The van der Waals surface area contributed by atoms with Gasteiger partial charge in [-0.25, -0.2) is 0 Å². The molecule has 0 aliphatic carbocycles. The SMILES string of the molecule is COCCN(CCOC)C1CCCNCC1. The van der Waals surface area contributed by atoms with Crippen LogP contribution < -0.4 is 5.32 Å². The summed E-state index contributed by atoms with van der Waals surface area (Å²) in [7, 11) is 3.53. The lowest BCUT2D eigenvalue weighted by atomic mass is 10.1. The van der Waals surface area contributed by atoms with Gasteiger partial charge in [0.2, 0.25) is 0 Å². The first-order valence-electron chi connectivity index (χ1n) is 6.31. The van der Waals surface area contributed by atoms with Crippen LogP contribution in [0.25, 0.3) is 0 Å². The molecule has 0 aromatic heterocycles. The highest BCUT2D eigenvalue weighted by atomic mass is 16.5. The normalized spacial score (nSPS) is 22.3. The molecule has 0 amide bonds. The number of ether oxygens (including phenoxy) is 2. The van der Waals surface area contributed by atoms with Gasteiger partial charge in [-0.1, -0.05) is 0 Å². The third-order valence-corrected chi connectivity index (χ3v) is 3.23. The van der Waals surface area contributed by atoms with Gasteiger partial charge in [-0.05, 0) is 32.4 Å². The Labute approximate surface area is 99.3 Å². The van der Waals surface area contributed by atoms with Gasteiger partial charge < -0.3 is 14.8 Å². The summed E-state index contributed by atoms with van der Waals surface area (Å²) >= 11 is 0. The van der Waals surface area contributed by atoms with Gasteiger partial charge in [0.25, 0.3) is 0 Å². The van der Waals surface area contributed by atoms with Crippen molar-refractivity contribution in [2.24, 2.45) is 0 Å². The number of methoxy groups -OCH3 is 2. The maximum atomic E-state index is 5.18. The molecule has 4 heteroatoms. The second-order valence-corrected chi connectivity index (χ2v) is 4.36. The Kier molecular flexibility index (Phi) is 7.76. The van der Waals surface area contributed by atoms with Gasteiger partial charge in [-0.15, -0.1) is 0 Å². The Bertz CT molecular complexity index is 151. The average molecular weight is 230 g/mol. The van der Waals surface area contributed by atoms with Crippen molar-refractivity contribution < 1.29 is 9.47 Å². The van der Waals surface area contributed by atoms with E-state index in [4.69, 9.17) is 9.47 Å². The smallest absolute Gasteiger partial charge is 0.0589 e. The fourth-order valence-electron chi connectivity index (χ4n) is 2.26. The van der Waals surface area contributed by atoms with Gasteiger partial charge in [0.15, 0.2) is 0 Å². The van der Waals surface area contributed by atoms with Crippen LogP contribution in [-0.4, -0.2) is 64.6 Å². The van der Waals surface area contributed by atoms with Crippen molar-refractivity contribution in [3.8, 4) is 0 Å². The maximum absolute atomic E-state index is 5.18. The van der Waals surface area contributed by atoms with Crippen molar-refractivity contribution in [2.75, 3.05) is 53.6 Å². The zero-order valence-corrected chi connectivity index (χ0v) is 10.7. The van der Waals surface area contributed by atoms with Crippen LogP contribution in [0.5, 0.6) is 0 Å². The van der Waals surface area contributed by atoms with Crippen molar-refractivity contribution in [3.63, 3.8) is 0 Å². The molecule has 1 N–H and O–H groups in total. The summed E-state index contributed by atoms with van der Waals surface area (Å²) in [5, 5.41) is 3.46. The molecule has 1 atom stereocenters. The molecule has 4 nitrogen and oxygen atoms in total. The molecular weight excluding hydrogens is 204 g/mol. The van der Waals surface area contributed by atoms with Crippen LogP contribution in [0.3, 0.4) is 0 Å². The zero-order chi connectivity index (χ0) is 11.6. The van der Waals surface area contributed by atoms with E-state index in [1.54, 1.807) is 14.2 Å². The Hall–Kier alpha value is -0.160. The average Bonchev–Trinajstić information content (AvgIpc) is 2.58. The van der Waals surface area contributed by atoms with Gasteiger partial charge >= 0.3 is 0 Å². The van der Waals surface area contributed by atoms with E-state index in [-0.39, 0.29) is 0 Å². The lowest BCUT2D eigenvalue weighted by molar-refractivity contribution is 0.0829. The molecule has 1 fully saturated rings. The molecule has 1 unspecified atom stereocenters. The summed E-state index contributed by atoms with van der Waals surface area (Å²) in [6.45, 7) is 5.97. The standard InChI is InChI=1S/C12H26N2O2/c1-15-10-8-14(9-11-16-2)12-4-3-6-13-7-5-12/h12-13H,3-11H2,1-2H3. The second-order valence-electron chi connectivity index (χ2n) is 4.36. The van der Waals surface area contributed by atoms with E-state index in [2.05, 4.69) is 10.2 Å². The molecule has 96 valence electrons. The molecule has 0 radical (unpaired) electrons. The van der Waals surface area contributed by atoms with Crippen LogP contribution in [0.4, 0.5) is 0 Å².